The molecule has 2 N–H and O–H groups in total. The van der Waals surface area contributed by atoms with Gasteiger partial charge in [0.25, 0.3) is 0 Å². The number of ether oxygens (including phenoxy) is 2. The van der Waals surface area contributed by atoms with Crippen molar-refractivity contribution in [1.29, 1.82) is 0 Å². The Morgan fingerprint density at radius 1 is 1.17 bits per heavy atom. The molecule has 1 saturated carbocycles. The van der Waals surface area contributed by atoms with Gasteiger partial charge in [-0.05, 0) is 45.7 Å². The van der Waals surface area contributed by atoms with Crippen LogP contribution in [0.15, 0.2) is 18.2 Å². The first-order valence-electron chi connectivity index (χ1n) is 6.61. The highest BCUT2D eigenvalue weighted by Gasteiger charge is 2.51. The van der Waals surface area contributed by atoms with Crippen molar-refractivity contribution in [3.63, 3.8) is 0 Å². The molecule has 0 radical (unpaired) electrons. The first-order valence-corrected chi connectivity index (χ1v) is 6.61. The Kier molecular flexibility index (Phi) is 3.53. The van der Waals surface area contributed by atoms with Gasteiger partial charge in [0.2, 0.25) is 0 Å². The van der Waals surface area contributed by atoms with Crippen LogP contribution in [0.1, 0.15) is 39.2 Å². The Labute approximate surface area is 109 Å². The van der Waals surface area contributed by atoms with E-state index in [1.54, 1.807) is 7.11 Å². The molecule has 0 aromatic heterocycles. The van der Waals surface area contributed by atoms with Crippen molar-refractivity contribution < 1.29 is 9.47 Å². The minimum Gasteiger partial charge on any atom is -0.496 e. The van der Waals surface area contributed by atoms with E-state index >= 15 is 0 Å². The summed E-state index contributed by atoms with van der Waals surface area (Å²) in [5, 5.41) is 0. The fourth-order valence-corrected chi connectivity index (χ4v) is 2.59. The molecule has 1 fully saturated rings. The van der Waals surface area contributed by atoms with Crippen LogP contribution in [0.25, 0.3) is 0 Å². The van der Waals surface area contributed by atoms with Gasteiger partial charge in [-0.3, -0.25) is 0 Å². The van der Waals surface area contributed by atoms with E-state index in [-0.39, 0.29) is 17.6 Å². The average molecular weight is 249 g/mol. The predicted octanol–water partition coefficient (Wildman–Crippen LogP) is 2.86. The van der Waals surface area contributed by atoms with Gasteiger partial charge in [-0.1, -0.05) is 6.07 Å². The van der Waals surface area contributed by atoms with Crippen molar-refractivity contribution in [2.45, 2.75) is 51.2 Å². The van der Waals surface area contributed by atoms with Gasteiger partial charge < -0.3 is 15.2 Å². The molecule has 3 heteroatoms. The first kappa shape index (κ1) is 13.2. The molecule has 1 unspecified atom stereocenters. The molecule has 0 saturated heterocycles. The van der Waals surface area contributed by atoms with E-state index in [4.69, 9.17) is 15.2 Å². The molecule has 1 aliphatic carbocycles. The standard InChI is InChI=1S/C15H23NO2/c1-10(2)18-13-7-5-6-12(17-4)14(13)15(8-9-15)11(3)16/h5-7,10-11H,8-9,16H2,1-4H3. The summed E-state index contributed by atoms with van der Waals surface area (Å²) >= 11 is 0. The van der Waals surface area contributed by atoms with Gasteiger partial charge in [0.05, 0.1) is 13.2 Å². The molecule has 1 aromatic carbocycles. The topological polar surface area (TPSA) is 44.5 Å². The van der Waals surface area contributed by atoms with Gasteiger partial charge in [0.15, 0.2) is 0 Å². The second-order valence-corrected chi connectivity index (χ2v) is 5.44. The monoisotopic (exact) mass is 249 g/mol. The predicted molar refractivity (Wildman–Crippen MR) is 73.3 cm³/mol. The molecule has 100 valence electrons. The van der Waals surface area contributed by atoms with Crippen LogP contribution >= 0.6 is 0 Å². The van der Waals surface area contributed by atoms with Crippen LogP contribution in [-0.2, 0) is 5.41 Å². The molecule has 1 aliphatic rings. The molecule has 1 aromatic rings. The van der Waals surface area contributed by atoms with E-state index in [1.807, 2.05) is 32.0 Å². The molecule has 0 bridgehead atoms. The van der Waals surface area contributed by atoms with Crippen LogP contribution in [0.3, 0.4) is 0 Å². The van der Waals surface area contributed by atoms with E-state index in [1.165, 1.54) is 0 Å². The Bertz CT molecular complexity index is 423. The second-order valence-electron chi connectivity index (χ2n) is 5.44. The third-order valence-electron chi connectivity index (χ3n) is 3.73. The number of methoxy groups -OCH3 is 1. The van der Waals surface area contributed by atoms with Gasteiger partial charge in [-0.25, -0.2) is 0 Å². The molecule has 1 atom stereocenters. The summed E-state index contributed by atoms with van der Waals surface area (Å²) in [5.74, 6) is 1.81. The Morgan fingerprint density at radius 3 is 2.22 bits per heavy atom. The normalized spacial score (nSPS) is 18.6. The first-order chi connectivity index (χ1) is 8.51. The van der Waals surface area contributed by atoms with E-state index < -0.39 is 0 Å². The van der Waals surface area contributed by atoms with Crippen molar-refractivity contribution >= 4 is 0 Å². The lowest BCUT2D eigenvalue weighted by molar-refractivity contribution is 0.235. The maximum Gasteiger partial charge on any atom is 0.127 e. The lowest BCUT2D eigenvalue weighted by atomic mass is 9.88. The Balaban J connectivity index is 2.48. The quantitative estimate of drug-likeness (QED) is 0.872. The third-order valence-corrected chi connectivity index (χ3v) is 3.73. The SMILES string of the molecule is COc1cccc(OC(C)C)c1C1(C(C)N)CC1. The second kappa shape index (κ2) is 4.81. The van der Waals surface area contributed by atoms with Gasteiger partial charge in [0.1, 0.15) is 11.5 Å². The van der Waals surface area contributed by atoms with Gasteiger partial charge in [0, 0.05) is 17.0 Å². The fraction of sp³-hybridized carbons (Fsp3) is 0.600. The Hall–Kier alpha value is -1.22. The Morgan fingerprint density at radius 2 is 1.78 bits per heavy atom. The molecule has 0 heterocycles. The molecule has 18 heavy (non-hydrogen) atoms. The van der Waals surface area contributed by atoms with Crippen molar-refractivity contribution in [3.8, 4) is 11.5 Å². The van der Waals surface area contributed by atoms with Crippen LogP contribution in [-0.4, -0.2) is 19.3 Å². The van der Waals surface area contributed by atoms with Crippen LogP contribution in [0.4, 0.5) is 0 Å². The van der Waals surface area contributed by atoms with Gasteiger partial charge in [-0.2, -0.15) is 0 Å². The van der Waals surface area contributed by atoms with Crippen molar-refractivity contribution in [2.75, 3.05) is 7.11 Å². The number of benzene rings is 1. The fourth-order valence-electron chi connectivity index (χ4n) is 2.59. The summed E-state index contributed by atoms with van der Waals surface area (Å²) in [4.78, 5) is 0. The van der Waals surface area contributed by atoms with Crippen molar-refractivity contribution in [3.05, 3.63) is 23.8 Å². The highest BCUT2D eigenvalue weighted by Crippen LogP contribution is 2.56. The molecular formula is C15H23NO2. The number of rotatable bonds is 5. The highest BCUT2D eigenvalue weighted by atomic mass is 16.5. The summed E-state index contributed by atoms with van der Waals surface area (Å²) in [7, 11) is 1.70. The highest BCUT2D eigenvalue weighted by molar-refractivity contribution is 5.53. The smallest absolute Gasteiger partial charge is 0.127 e. The zero-order valence-corrected chi connectivity index (χ0v) is 11.7. The zero-order chi connectivity index (χ0) is 13.3. The van der Waals surface area contributed by atoms with E-state index in [9.17, 15) is 0 Å². The summed E-state index contributed by atoms with van der Waals surface area (Å²) in [6, 6.07) is 6.09. The van der Waals surface area contributed by atoms with Crippen LogP contribution in [0.2, 0.25) is 0 Å². The number of hydrogen-bond acceptors (Lipinski definition) is 3. The molecule has 0 spiro atoms. The summed E-state index contributed by atoms with van der Waals surface area (Å²) in [6.45, 7) is 6.14. The minimum atomic E-state index is 0.0385. The largest absolute Gasteiger partial charge is 0.496 e. The van der Waals surface area contributed by atoms with Crippen molar-refractivity contribution in [2.24, 2.45) is 5.73 Å². The lowest BCUT2D eigenvalue weighted by Gasteiger charge is -2.26. The number of hydrogen-bond donors (Lipinski definition) is 1. The molecule has 0 aliphatic heterocycles. The van der Waals surface area contributed by atoms with Crippen LogP contribution < -0.4 is 15.2 Å². The number of nitrogens with two attached hydrogens (primary N) is 1. The summed E-state index contributed by atoms with van der Waals surface area (Å²) in [5.41, 5.74) is 7.36. The van der Waals surface area contributed by atoms with Gasteiger partial charge >= 0.3 is 0 Å². The maximum absolute atomic E-state index is 6.18. The third kappa shape index (κ3) is 2.19. The minimum absolute atomic E-state index is 0.0385. The lowest BCUT2D eigenvalue weighted by Crippen LogP contribution is -2.32. The van der Waals surface area contributed by atoms with E-state index in [0.29, 0.717) is 0 Å². The van der Waals surface area contributed by atoms with Crippen LogP contribution in [0, 0.1) is 0 Å². The molecular weight excluding hydrogens is 226 g/mol. The molecule has 3 nitrogen and oxygen atoms in total. The van der Waals surface area contributed by atoms with E-state index in [0.717, 1.165) is 29.9 Å². The molecule has 0 amide bonds. The van der Waals surface area contributed by atoms with Crippen LogP contribution in [0.5, 0.6) is 11.5 Å². The zero-order valence-electron chi connectivity index (χ0n) is 11.7. The van der Waals surface area contributed by atoms with Crippen molar-refractivity contribution in [1.82, 2.24) is 0 Å². The maximum atomic E-state index is 6.18. The summed E-state index contributed by atoms with van der Waals surface area (Å²) < 4.78 is 11.4. The van der Waals surface area contributed by atoms with E-state index in [2.05, 4.69) is 6.92 Å². The van der Waals surface area contributed by atoms with Gasteiger partial charge in [-0.15, -0.1) is 0 Å². The average Bonchev–Trinajstić information content (AvgIpc) is 3.09. The summed E-state index contributed by atoms with van der Waals surface area (Å²) in [6.07, 6.45) is 2.37. The molecule has 2 rings (SSSR count).